The van der Waals surface area contributed by atoms with Crippen molar-refractivity contribution in [3.8, 4) is 0 Å². The van der Waals surface area contributed by atoms with Crippen LogP contribution >= 0.6 is 0 Å². The number of halogens is 2. The normalized spacial score (nSPS) is 44.1. The van der Waals surface area contributed by atoms with Crippen molar-refractivity contribution < 1.29 is 23.8 Å². The van der Waals surface area contributed by atoms with E-state index in [9.17, 15) is 18.7 Å². The van der Waals surface area contributed by atoms with E-state index >= 15 is 0 Å². The van der Waals surface area contributed by atoms with Gasteiger partial charge < -0.3 is 10.2 Å². The molecule has 0 radical (unpaired) electrons. The number of hydrogen-bond donors (Lipinski definition) is 2. The molecule has 1 unspecified atom stereocenters. The number of alkyl halides is 2. The molecule has 0 amide bonds. The molecule has 4 aliphatic rings. The third-order valence-corrected chi connectivity index (χ3v) is 5.32. The predicted octanol–water partition coefficient (Wildman–Crippen LogP) is 2.14. The van der Waals surface area contributed by atoms with Crippen LogP contribution in [0.2, 0.25) is 0 Å². The predicted molar refractivity (Wildman–Crippen MR) is 59.1 cm³/mol. The fraction of sp³-hybridized carbons (Fsp3) is 0.923. The number of rotatable bonds is 3. The Hall–Kier alpha value is -0.710. The van der Waals surface area contributed by atoms with Crippen molar-refractivity contribution in [1.82, 2.24) is 0 Å². The van der Waals surface area contributed by atoms with Gasteiger partial charge in [0, 0.05) is 0 Å². The first-order valence-electron chi connectivity index (χ1n) is 6.69. The second-order valence-corrected chi connectivity index (χ2v) is 6.38. The van der Waals surface area contributed by atoms with Crippen LogP contribution in [0, 0.1) is 29.6 Å². The van der Waals surface area contributed by atoms with Crippen molar-refractivity contribution in [2.75, 3.05) is 0 Å². The summed E-state index contributed by atoms with van der Waals surface area (Å²) in [6, 6.07) is 0. The highest BCUT2D eigenvalue weighted by molar-refractivity contribution is 5.76. The zero-order chi connectivity index (χ0) is 13.1. The zero-order valence-electron chi connectivity index (χ0n) is 10.1. The molecule has 5 heteroatoms. The molecule has 102 valence electrons. The highest BCUT2D eigenvalue weighted by Crippen LogP contribution is 2.58. The van der Waals surface area contributed by atoms with E-state index in [0.717, 1.165) is 25.7 Å². The molecule has 0 aromatic heterocycles. The first kappa shape index (κ1) is 12.3. The summed E-state index contributed by atoms with van der Waals surface area (Å²) in [5.74, 6) is -5.31. The van der Waals surface area contributed by atoms with Gasteiger partial charge in [-0.2, -0.15) is 8.78 Å². The number of carbonyl (C=O) groups is 1. The molecule has 3 nitrogen and oxygen atoms in total. The highest BCUT2D eigenvalue weighted by atomic mass is 19.3. The van der Waals surface area contributed by atoms with Crippen LogP contribution in [0.25, 0.3) is 0 Å². The molecule has 0 aliphatic heterocycles. The maximum atomic E-state index is 13.5. The number of hydrogen-bond acceptors (Lipinski definition) is 2. The fourth-order valence-electron chi connectivity index (χ4n) is 4.85. The maximum absolute atomic E-state index is 13.5. The Balaban J connectivity index is 1.82. The van der Waals surface area contributed by atoms with Crippen molar-refractivity contribution in [3.05, 3.63) is 0 Å². The smallest absolute Gasteiger partial charge is 0.377 e. The van der Waals surface area contributed by atoms with Gasteiger partial charge in [0.05, 0.1) is 0 Å². The molecule has 4 fully saturated rings. The van der Waals surface area contributed by atoms with Gasteiger partial charge in [0.2, 0.25) is 0 Å². The molecule has 4 rings (SSSR count). The molecule has 0 aromatic carbocycles. The first-order chi connectivity index (χ1) is 8.39. The summed E-state index contributed by atoms with van der Waals surface area (Å²) in [7, 11) is 0. The van der Waals surface area contributed by atoms with Crippen molar-refractivity contribution in [1.29, 1.82) is 0 Å². The molecular weight excluding hydrogens is 242 g/mol. The number of aliphatic hydroxyl groups is 1. The van der Waals surface area contributed by atoms with Crippen LogP contribution < -0.4 is 0 Å². The van der Waals surface area contributed by atoms with E-state index in [2.05, 4.69) is 0 Å². The van der Waals surface area contributed by atoms with E-state index in [-0.39, 0.29) is 11.8 Å². The molecular formula is C13H18F2O3. The lowest BCUT2D eigenvalue weighted by atomic mass is 9.50. The number of aliphatic carboxylic acids is 1. The van der Waals surface area contributed by atoms with Gasteiger partial charge in [-0.3, -0.25) is 0 Å². The quantitative estimate of drug-likeness (QED) is 0.817. The van der Waals surface area contributed by atoms with Gasteiger partial charge in [-0.15, -0.1) is 0 Å². The molecule has 4 aliphatic carbocycles. The third-order valence-electron chi connectivity index (χ3n) is 5.32. The first-order valence-corrected chi connectivity index (χ1v) is 6.69. The Bertz CT molecular complexity index is 341. The minimum atomic E-state index is -4.01. The Morgan fingerprint density at radius 2 is 1.50 bits per heavy atom. The average Bonchev–Trinajstić information content (AvgIpc) is 2.26. The van der Waals surface area contributed by atoms with E-state index in [1.54, 1.807) is 0 Å². The van der Waals surface area contributed by atoms with Crippen LogP contribution in [0.4, 0.5) is 8.78 Å². The topological polar surface area (TPSA) is 57.5 Å². The summed E-state index contributed by atoms with van der Waals surface area (Å²) in [6.45, 7) is 0. The largest absolute Gasteiger partial charge is 0.477 e. The molecule has 1 atom stereocenters. The molecule has 2 N–H and O–H groups in total. The van der Waals surface area contributed by atoms with Gasteiger partial charge in [0.25, 0.3) is 0 Å². The molecule has 0 spiro atoms. The van der Waals surface area contributed by atoms with Crippen LogP contribution in [0.3, 0.4) is 0 Å². The molecule has 0 saturated heterocycles. The average molecular weight is 260 g/mol. The molecule has 18 heavy (non-hydrogen) atoms. The highest BCUT2D eigenvalue weighted by Gasteiger charge is 2.58. The lowest BCUT2D eigenvalue weighted by Gasteiger charge is -2.55. The van der Waals surface area contributed by atoms with Crippen LogP contribution in [-0.4, -0.2) is 28.2 Å². The molecule has 0 heterocycles. The lowest BCUT2D eigenvalue weighted by molar-refractivity contribution is -0.205. The Morgan fingerprint density at radius 1 is 1.06 bits per heavy atom. The third kappa shape index (κ3) is 1.67. The van der Waals surface area contributed by atoms with Crippen LogP contribution in [-0.2, 0) is 4.79 Å². The van der Waals surface area contributed by atoms with E-state index in [1.807, 2.05) is 0 Å². The minimum absolute atomic E-state index is 0.0986. The number of aliphatic hydroxyl groups excluding tert-OH is 1. The summed E-state index contributed by atoms with van der Waals surface area (Å²) >= 11 is 0. The zero-order valence-corrected chi connectivity index (χ0v) is 10.1. The fourth-order valence-corrected chi connectivity index (χ4v) is 4.85. The summed E-state index contributed by atoms with van der Waals surface area (Å²) in [5, 5.41) is 18.4. The van der Waals surface area contributed by atoms with E-state index in [0.29, 0.717) is 11.8 Å². The molecule has 0 aromatic rings. The molecule has 4 saturated carbocycles. The van der Waals surface area contributed by atoms with Gasteiger partial charge in [0.1, 0.15) is 6.10 Å². The van der Waals surface area contributed by atoms with Crippen molar-refractivity contribution in [2.24, 2.45) is 29.6 Å². The maximum Gasteiger partial charge on any atom is 0.377 e. The van der Waals surface area contributed by atoms with Gasteiger partial charge >= 0.3 is 11.9 Å². The van der Waals surface area contributed by atoms with Gasteiger partial charge in [-0.25, -0.2) is 4.79 Å². The second-order valence-electron chi connectivity index (χ2n) is 6.38. The van der Waals surface area contributed by atoms with Gasteiger partial charge in [0.15, 0.2) is 0 Å². The van der Waals surface area contributed by atoms with E-state index in [1.165, 1.54) is 6.42 Å². The Morgan fingerprint density at radius 3 is 1.89 bits per heavy atom. The number of carboxylic acid groups (broad SMARTS) is 1. The van der Waals surface area contributed by atoms with Crippen LogP contribution in [0.5, 0.6) is 0 Å². The molecule has 4 bridgehead atoms. The van der Waals surface area contributed by atoms with Crippen molar-refractivity contribution >= 4 is 5.97 Å². The SMILES string of the molecule is O=C(O)C(F)(F)C(O)C1C2CC3CC(C2)CC1C3. The van der Waals surface area contributed by atoms with Gasteiger partial charge in [-0.05, 0) is 61.7 Å². The summed E-state index contributed by atoms with van der Waals surface area (Å²) < 4.78 is 27.0. The Labute approximate surface area is 104 Å². The second kappa shape index (κ2) is 3.89. The van der Waals surface area contributed by atoms with Crippen molar-refractivity contribution in [2.45, 2.75) is 44.1 Å². The van der Waals surface area contributed by atoms with E-state index < -0.39 is 23.9 Å². The standard InChI is InChI=1S/C13H18F2O3/c14-13(15,12(17)18)11(16)10-8-2-6-1-7(4-8)5-9(10)3-6/h6-11,16H,1-5H2,(H,17,18). The summed E-state index contributed by atoms with van der Waals surface area (Å²) in [5.41, 5.74) is 0. The summed E-state index contributed by atoms with van der Waals surface area (Å²) in [6.07, 6.45) is 2.75. The van der Waals surface area contributed by atoms with Crippen LogP contribution in [0.15, 0.2) is 0 Å². The van der Waals surface area contributed by atoms with E-state index in [4.69, 9.17) is 5.11 Å². The van der Waals surface area contributed by atoms with Crippen molar-refractivity contribution in [3.63, 3.8) is 0 Å². The Kier molecular flexibility index (Phi) is 2.66. The lowest BCUT2D eigenvalue weighted by Crippen LogP contribution is -2.56. The summed E-state index contributed by atoms with van der Waals surface area (Å²) in [4.78, 5) is 10.6. The van der Waals surface area contributed by atoms with Gasteiger partial charge in [-0.1, -0.05) is 0 Å². The monoisotopic (exact) mass is 260 g/mol. The minimum Gasteiger partial charge on any atom is -0.477 e. The number of carboxylic acids is 1. The van der Waals surface area contributed by atoms with Crippen LogP contribution in [0.1, 0.15) is 32.1 Å².